The van der Waals surface area contributed by atoms with Gasteiger partial charge in [-0.25, -0.2) is 26.3 Å². The average Bonchev–Trinajstić information content (AvgIpc) is 2.59. The van der Waals surface area contributed by atoms with E-state index in [0.29, 0.717) is 14.1 Å². The summed E-state index contributed by atoms with van der Waals surface area (Å²) in [7, 11) is -4.67. The predicted octanol–water partition coefficient (Wildman–Crippen LogP) is 11.9. The lowest BCUT2D eigenvalue weighted by Gasteiger charge is -2.19. The van der Waals surface area contributed by atoms with Crippen molar-refractivity contribution >= 4 is 10.5 Å². The molecule has 5 nitrogen and oxygen atoms in total. The standard InChI is InChI=1S/C5H4F8O.C3H5F3.CH2F2O.CH2F2.CH3F.8CH4.FHO3S/c6-3(7,8)1-5(12,13)14-2-4(9,10)11;1-3(5,6)2-4;2-1-4-3;2-1-3;1-2;;;;;;;;;1-5(2,3)4/h1-2H2;2H2,1H3;1H2;1H2;1H3;8*1H4;(H,2,3,4). The summed E-state index contributed by atoms with van der Waals surface area (Å²) in [5.41, 5.74) is 0. The molecule has 0 aliphatic heterocycles. The Hall–Kier alpha value is -1.36. The molecule has 0 bridgehead atoms. The molecule has 0 rings (SSSR count). The Morgan fingerprint density at radius 1 is 0.667 bits per heavy atom. The van der Waals surface area contributed by atoms with E-state index in [4.69, 9.17) is 13.0 Å². The Morgan fingerprint density at radius 2 is 0.857 bits per heavy atom. The van der Waals surface area contributed by atoms with Gasteiger partial charge in [0.2, 0.25) is 13.8 Å². The van der Waals surface area contributed by atoms with Crippen molar-refractivity contribution in [2.24, 2.45) is 0 Å². The molecule has 0 unspecified atom stereocenters. The molecule has 0 heterocycles. The Balaban J connectivity index is -0.0000000202. The minimum atomic E-state index is -5.28. The van der Waals surface area contributed by atoms with E-state index in [1.165, 1.54) is 0 Å². The van der Waals surface area contributed by atoms with Crippen molar-refractivity contribution in [2.45, 2.75) is 97.1 Å². The maximum atomic E-state index is 12.0. The van der Waals surface area contributed by atoms with Crippen molar-refractivity contribution in [1.29, 1.82) is 0 Å². The van der Waals surface area contributed by atoms with Crippen LogP contribution in [0.3, 0.4) is 0 Å². The zero-order valence-corrected chi connectivity index (χ0v) is 17.3. The number of halogens is 17. The molecule has 0 amide bonds. The maximum absolute atomic E-state index is 12.0. The first-order valence-electron chi connectivity index (χ1n) is 6.86. The molecule has 0 spiro atoms. The topological polar surface area (TPSA) is 72.8 Å². The molecule has 0 radical (unpaired) electrons. The van der Waals surface area contributed by atoms with E-state index < -0.39 is 68.4 Å². The molecular weight excluding hydrogens is 663 g/mol. The monoisotopic (exact) mass is 712 g/mol. The van der Waals surface area contributed by atoms with Gasteiger partial charge in [0, 0.05) is 6.92 Å². The summed E-state index contributed by atoms with van der Waals surface area (Å²) in [5, 5.41) is 0. The zero-order valence-electron chi connectivity index (χ0n) is 16.4. The van der Waals surface area contributed by atoms with Crippen molar-refractivity contribution in [3.63, 3.8) is 0 Å². The van der Waals surface area contributed by atoms with Gasteiger partial charge in [0.1, 0.15) is 13.0 Å². The second kappa shape index (κ2) is 46.6. The van der Waals surface area contributed by atoms with Crippen LogP contribution >= 0.6 is 0 Å². The average molecular weight is 713 g/mol. The fourth-order valence-corrected chi connectivity index (χ4v) is 0.472. The van der Waals surface area contributed by atoms with Gasteiger partial charge in [0.05, 0.1) is 7.18 Å². The van der Waals surface area contributed by atoms with Gasteiger partial charge in [-0.15, -0.1) is 0 Å². The van der Waals surface area contributed by atoms with Crippen LogP contribution in [0.1, 0.15) is 72.8 Å². The van der Waals surface area contributed by atoms with Crippen LogP contribution in [0.5, 0.6) is 0 Å². The molecule has 0 saturated heterocycles. The minimum Gasteiger partial charge on any atom is -0.311 e. The maximum Gasteiger partial charge on any atom is 0.435 e. The Bertz CT molecular complexity index is 504. The van der Waals surface area contributed by atoms with E-state index in [0.717, 1.165) is 0 Å². The quantitative estimate of drug-likeness (QED) is 0.175. The van der Waals surface area contributed by atoms with E-state index >= 15 is 0 Å². The lowest BCUT2D eigenvalue weighted by Crippen LogP contribution is -2.32. The van der Waals surface area contributed by atoms with Crippen molar-refractivity contribution in [3.05, 3.63) is 0 Å². The first-order chi connectivity index (χ1) is 14.8. The molecule has 0 aliphatic rings. The van der Waals surface area contributed by atoms with Crippen LogP contribution in [0, 0.1) is 0 Å². The molecular formula is C19H49F17O5S. The minimum absolute atomic E-state index is 0. The summed E-state index contributed by atoms with van der Waals surface area (Å²) in [6.45, 7) is -6.55. The molecule has 1 N–H and O–H groups in total. The van der Waals surface area contributed by atoms with E-state index in [2.05, 4.69) is 9.68 Å². The third-order valence-corrected chi connectivity index (χ3v) is 1.13. The van der Waals surface area contributed by atoms with Crippen LogP contribution in [0.2, 0.25) is 0 Å². The SMILES string of the molecule is C.C.C.C.C.C.C.C.CC(F)(F)CF.CF.FC(F)(F)COC(F)(F)CC(F)(F)F.FCF.FCOF.O=S(=O)(O)F. The molecule has 42 heavy (non-hydrogen) atoms. The number of rotatable bonds is 5. The fourth-order valence-electron chi connectivity index (χ4n) is 0.472. The summed E-state index contributed by atoms with van der Waals surface area (Å²) >= 11 is 0. The van der Waals surface area contributed by atoms with Crippen molar-refractivity contribution in [3.8, 4) is 0 Å². The normalized spacial score (nSPS) is 9.24. The third-order valence-electron chi connectivity index (χ3n) is 1.13. The second-order valence-corrected chi connectivity index (χ2v) is 5.09. The highest BCUT2D eigenvalue weighted by atomic mass is 32.3. The molecule has 0 fully saturated rings. The molecule has 0 aromatic carbocycles. The van der Waals surface area contributed by atoms with Gasteiger partial charge in [-0.2, -0.15) is 48.5 Å². The van der Waals surface area contributed by atoms with Gasteiger partial charge in [-0.05, 0) is 4.53 Å². The second-order valence-electron chi connectivity index (χ2n) is 4.27. The molecule has 0 aliphatic carbocycles. The highest BCUT2D eigenvalue weighted by Gasteiger charge is 2.46. The van der Waals surface area contributed by atoms with E-state index in [1.54, 1.807) is 0 Å². The Kier molecular flexibility index (Phi) is 99.8. The summed E-state index contributed by atoms with van der Waals surface area (Å²) in [4.78, 5) is 2.38. The van der Waals surface area contributed by atoms with Gasteiger partial charge in [0.25, 0.3) is 5.92 Å². The fraction of sp³-hybridized carbons (Fsp3) is 1.00. The molecule has 23 heteroatoms. The Morgan fingerprint density at radius 3 is 0.952 bits per heavy atom. The van der Waals surface area contributed by atoms with Crippen LogP contribution in [-0.2, 0) is 20.2 Å². The highest BCUT2D eigenvalue weighted by Crippen LogP contribution is 2.33. The van der Waals surface area contributed by atoms with Crippen LogP contribution in [-0.4, -0.2) is 71.6 Å². The predicted molar refractivity (Wildman–Crippen MR) is 133 cm³/mol. The lowest BCUT2D eigenvalue weighted by atomic mass is 10.4. The Labute approximate surface area is 239 Å². The number of hydrogen-bond donors (Lipinski definition) is 1. The van der Waals surface area contributed by atoms with Crippen LogP contribution in [0.4, 0.5) is 74.3 Å². The number of ether oxygens (including phenoxy) is 1. The van der Waals surface area contributed by atoms with Crippen LogP contribution in [0.15, 0.2) is 0 Å². The third kappa shape index (κ3) is 224. The van der Waals surface area contributed by atoms with E-state index in [9.17, 15) is 74.3 Å². The first-order valence-corrected chi connectivity index (χ1v) is 8.20. The largest absolute Gasteiger partial charge is 0.435 e. The number of hydrogen-bond acceptors (Lipinski definition) is 4. The molecule has 0 aromatic rings. The molecule has 280 valence electrons. The molecule has 0 atom stereocenters. The zero-order chi connectivity index (χ0) is 29.4. The van der Waals surface area contributed by atoms with Crippen LogP contribution < -0.4 is 0 Å². The summed E-state index contributed by atoms with van der Waals surface area (Å²) in [5.74, 6) is -3.12. The molecule has 0 aromatic heterocycles. The summed E-state index contributed by atoms with van der Waals surface area (Å²) in [6.07, 6.45) is -18.0. The van der Waals surface area contributed by atoms with Gasteiger partial charge >= 0.3 is 29.0 Å². The van der Waals surface area contributed by atoms with E-state index in [-0.39, 0.29) is 59.4 Å². The van der Waals surface area contributed by atoms with Crippen molar-refractivity contribution in [2.75, 3.05) is 34.2 Å². The van der Waals surface area contributed by atoms with Gasteiger partial charge in [-0.1, -0.05) is 63.3 Å². The van der Waals surface area contributed by atoms with Gasteiger partial charge in [0.15, 0.2) is 6.67 Å². The van der Waals surface area contributed by atoms with Crippen LogP contribution in [0.25, 0.3) is 0 Å². The van der Waals surface area contributed by atoms with E-state index in [1.807, 2.05) is 0 Å². The molecule has 0 saturated carbocycles. The first kappa shape index (κ1) is 90.0. The van der Waals surface area contributed by atoms with Crippen molar-refractivity contribution in [1.82, 2.24) is 0 Å². The van der Waals surface area contributed by atoms with Crippen molar-refractivity contribution < 1.29 is 96.9 Å². The summed E-state index contributed by atoms with van der Waals surface area (Å²) < 4.78 is 210. The highest BCUT2D eigenvalue weighted by molar-refractivity contribution is 7.80. The smallest absolute Gasteiger partial charge is 0.311 e. The van der Waals surface area contributed by atoms with Gasteiger partial charge in [-0.3, -0.25) is 8.94 Å². The number of alkyl halides is 15. The lowest BCUT2D eigenvalue weighted by molar-refractivity contribution is -0.321. The van der Waals surface area contributed by atoms with Gasteiger partial charge < -0.3 is 4.74 Å². The summed E-state index contributed by atoms with van der Waals surface area (Å²) in [6, 6.07) is 0.